The molecule has 3 aromatic rings. The highest BCUT2D eigenvalue weighted by molar-refractivity contribution is 5.44. The maximum Gasteiger partial charge on any atom is 0.127 e. The van der Waals surface area contributed by atoms with E-state index in [9.17, 15) is 0 Å². The largest absolute Gasteiger partial charge is 0.457 e. The molecule has 0 aliphatic heterocycles. The van der Waals surface area contributed by atoms with Crippen LogP contribution in [0.25, 0.3) is 0 Å². The van der Waals surface area contributed by atoms with Crippen LogP contribution < -0.4 is 4.74 Å². The van der Waals surface area contributed by atoms with Gasteiger partial charge in [0.25, 0.3) is 0 Å². The molecule has 0 aliphatic carbocycles. The summed E-state index contributed by atoms with van der Waals surface area (Å²) < 4.78 is 5.80. The minimum Gasteiger partial charge on any atom is -0.457 e. The third kappa shape index (κ3) is 3.77. The second-order valence-electron chi connectivity index (χ2n) is 5.06. The zero-order chi connectivity index (χ0) is 15.2. The Morgan fingerprint density at radius 3 is 1.68 bits per heavy atom. The van der Waals surface area contributed by atoms with Gasteiger partial charge >= 0.3 is 0 Å². The van der Waals surface area contributed by atoms with Crippen LogP contribution in [-0.4, -0.2) is 0 Å². The number of hydrogen-bond acceptors (Lipinski definition) is 1. The van der Waals surface area contributed by atoms with Crippen LogP contribution in [0, 0.1) is 18.8 Å². The van der Waals surface area contributed by atoms with E-state index < -0.39 is 0 Å². The standard InChI is InChI=1S/C21H16O/c1-17-7-13-20(14-8-17)22-21-15-11-19(12-16-21)10-9-18-5-3-2-4-6-18/h2-8,11-16H,1H3. The normalized spacial score (nSPS) is 9.68. The lowest BCUT2D eigenvalue weighted by molar-refractivity contribution is 0.482. The fraction of sp³-hybridized carbons (Fsp3) is 0.0476. The van der Waals surface area contributed by atoms with Crippen LogP contribution in [0.4, 0.5) is 0 Å². The van der Waals surface area contributed by atoms with Crippen molar-refractivity contribution in [3.05, 3.63) is 95.6 Å². The van der Waals surface area contributed by atoms with E-state index >= 15 is 0 Å². The van der Waals surface area contributed by atoms with E-state index in [0.717, 1.165) is 22.6 Å². The molecule has 0 saturated carbocycles. The zero-order valence-corrected chi connectivity index (χ0v) is 12.4. The molecule has 106 valence electrons. The molecule has 0 fully saturated rings. The Balaban J connectivity index is 1.70. The Morgan fingerprint density at radius 1 is 0.591 bits per heavy atom. The summed E-state index contributed by atoms with van der Waals surface area (Å²) in [4.78, 5) is 0. The molecule has 0 unspecified atom stereocenters. The number of aryl methyl sites for hydroxylation is 1. The fourth-order valence-corrected chi connectivity index (χ4v) is 2.01. The lowest BCUT2D eigenvalue weighted by atomic mass is 10.2. The summed E-state index contributed by atoms with van der Waals surface area (Å²) in [5.41, 5.74) is 3.21. The Bertz CT molecular complexity index is 789. The summed E-state index contributed by atoms with van der Waals surface area (Å²) in [6, 6.07) is 25.8. The summed E-state index contributed by atoms with van der Waals surface area (Å²) in [7, 11) is 0. The maximum absolute atomic E-state index is 5.80. The molecule has 0 amide bonds. The second-order valence-corrected chi connectivity index (χ2v) is 5.06. The Morgan fingerprint density at radius 2 is 1.09 bits per heavy atom. The maximum atomic E-state index is 5.80. The van der Waals surface area contributed by atoms with Crippen LogP contribution in [-0.2, 0) is 0 Å². The minimum absolute atomic E-state index is 0.814. The van der Waals surface area contributed by atoms with Crippen LogP contribution in [0.5, 0.6) is 11.5 Å². The van der Waals surface area contributed by atoms with Gasteiger partial charge in [-0.3, -0.25) is 0 Å². The number of benzene rings is 3. The van der Waals surface area contributed by atoms with Crippen LogP contribution in [0.3, 0.4) is 0 Å². The highest BCUT2D eigenvalue weighted by Crippen LogP contribution is 2.21. The van der Waals surface area contributed by atoms with Gasteiger partial charge in [-0.15, -0.1) is 0 Å². The van der Waals surface area contributed by atoms with Gasteiger partial charge in [-0.05, 0) is 55.5 Å². The van der Waals surface area contributed by atoms with E-state index in [0.29, 0.717) is 0 Å². The molecule has 1 heteroatoms. The number of rotatable bonds is 2. The molecule has 3 aromatic carbocycles. The van der Waals surface area contributed by atoms with Gasteiger partial charge < -0.3 is 4.74 Å². The third-order valence-corrected chi connectivity index (χ3v) is 3.24. The molecule has 0 N–H and O–H groups in total. The highest BCUT2D eigenvalue weighted by atomic mass is 16.5. The first kappa shape index (κ1) is 14.0. The average molecular weight is 284 g/mol. The molecule has 0 aliphatic rings. The number of ether oxygens (including phenoxy) is 1. The topological polar surface area (TPSA) is 9.23 Å². The van der Waals surface area contributed by atoms with Gasteiger partial charge in [0, 0.05) is 11.1 Å². The quantitative estimate of drug-likeness (QED) is 0.589. The second kappa shape index (κ2) is 6.65. The fourth-order valence-electron chi connectivity index (χ4n) is 2.01. The van der Waals surface area contributed by atoms with Crippen LogP contribution in [0.1, 0.15) is 16.7 Å². The monoisotopic (exact) mass is 284 g/mol. The molecular weight excluding hydrogens is 268 g/mol. The molecule has 0 saturated heterocycles. The van der Waals surface area contributed by atoms with E-state index in [1.54, 1.807) is 0 Å². The van der Waals surface area contributed by atoms with Crippen molar-refractivity contribution in [1.82, 2.24) is 0 Å². The van der Waals surface area contributed by atoms with Crippen molar-refractivity contribution in [3.8, 4) is 23.3 Å². The van der Waals surface area contributed by atoms with Gasteiger partial charge in [0.1, 0.15) is 11.5 Å². The summed E-state index contributed by atoms with van der Waals surface area (Å²) in [5.74, 6) is 7.95. The van der Waals surface area contributed by atoms with Crippen LogP contribution in [0.15, 0.2) is 78.9 Å². The van der Waals surface area contributed by atoms with E-state index in [4.69, 9.17) is 4.74 Å². The van der Waals surface area contributed by atoms with Crippen LogP contribution >= 0.6 is 0 Å². The Hall–Kier alpha value is -2.98. The van der Waals surface area contributed by atoms with Gasteiger partial charge in [0.2, 0.25) is 0 Å². The van der Waals surface area contributed by atoms with E-state index in [2.05, 4.69) is 18.8 Å². The lowest BCUT2D eigenvalue weighted by Crippen LogP contribution is -1.84. The summed E-state index contributed by atoms with van der Waals surface area (Å²) in [6.07, 6.45) is 0. The lowest BCUT2D eigenvalue weighted by Gasteiger charge is -2.05. The van der Waals surface area contributed by atoms with Gasteiger partial charge in [-0.25, -0.2) is 0 Å². The zero-order valence-electron chi connectivity index (χ0n) is 12.4. The minimum atomic E-state index is 0.814. The molecule has 0 aromatic heterocycles. The van der Waals surface area contributed by atoms with Crippen molar-refractivity contribution in [2.24, 2.45) is 0 Å². The van der Waals surface area contributed by atoms with Crippen molar-refractivity contribution >= 4 is 0 Å². The first-order valence-corrected chi connectivity index (χ1v) is 7.21. The van der Waals surface area contributed by atoms with Crippen molar-refractivity contribution in [1.29, 1.82) is 0 Å². The molecule has 22 heavy (non-hydrogen) atoms. The average Bonchev–Trinajstić information content (AvgIpc) is 2.57. The van der Waals surface area contributed by atoms with Gasteiger partial charge in [0.05, 0.1) is 0 Å². The first-order chi connectivity index (χ1) is 10.8. The Labute approximate surface area is 131 Å². The van der Waals surface area contributed by atoms with Crippen molar-refractivity contribution < 1.29 is 4.74 Å². The predicted molar refractivity (Wildman–Crippen MR) is 90.1 cm³/mol. The van der Waals surface area contributed by atoms with Gasteiger partial charge in [-0.1, -0.05) is 47.7 Å². The SMILES string of the molecule is Cc1ccc(Oc2ccc(C#Cc3ccccc3)cc2)cc1. The van der Waals surface area contributed by atoms with Crippen LogP contribution in [0.2, 0.25) is 0 Å². The van der Waals surface area contributed by atoms with Crippen molar-refractivity contribution in [2.45, 2.75) is 6.92 Å². The molecule has 0 heterocycles. The molecular formula is C21H16O. The van der Waals surface area contributed by atoms with E-state index in [-0.39, 0.29) is 0 Å². The van der Waals surface area contributed by atoms with Crippen molar-refractivity contribution in [3.63, 3.8) is 0 Å². The summed E-state index contributed by atoms with van der Waals surface area (Å²) in [5, 5.41) is 0. The summed E-state index contributed by atoms with van der Waals surface area (Å²) in [6.45, 7) is 2.06. The molecule has 3 rings (SSSR count). The Kier molecular flexibility index (Phi) is 4.22. The van der Waals surface area contributed by atoms with Gasteiger partial charge in [-0.2, -0.15) is 0 Å². The number of hydrogen-bond donors (Lipinski definition) is 0. The molecule has 0 spiro atoms. The smallest absolute Gasteiger partial charge is 0.127 e. The highest BCUT2D eigenvalue weighted by Gasteiger charge is 1.97. The molecule has 0 atom stereocenters. The third-order valence-electron chi connectivity index (χ3n) is 3.24. The molecule has 0 radical (unpaired) electrons. The van der Waals surface area contributed by atoms with E-state index in [1.807, 2.05) is 78.9 Å². The predicted octanol–water partition coefficient (Wildman–Crippen LogP) is 5.19. The van der Waals surface area contributed by atoms with Crippen molar-refractivity contribution in [2.75, 3.05) is 0 Å². The van der Waals surface area contributed by atoms with E-state index in [1.165, 1.54) is 5.56 Å². The first-order valence-electron chi connectivity index (χ1n) is 7.21. The van der Waals surface area contributed by atoms with Gasteiger partial charge in [0.15, 0.2) is 0 Å². The molecule has 1 nitrogen and oxygen atoms in total. The summed E-state index contributed by atoms with van der Waals surface area (Å²) >= 11 is 0. The molecule has 0 bridgehead atoms.